The lowest BCUT2D eigenvalue weighted by Gasteiger charge is -2.42. The Morgan fingerprint density at radius 1 is 0.446 bits per heavy atom. The Morgan fingerprint density at radius 3 is 1.34 bits per heavy atom. The van der Waals surface area contributed by atoms with E-state index in [0.717, 1.165) is 70.6 Å². The van der Waals surface area contributed by atoms with Crippen LogP contribution in [0.2, 0.25) is 0 Å². The average Bonchev–Trinajstić information content (AvgIpc) is 3.40. The Labute approximate surface area is 448 Å². The zero-order chi connectivity index (χ0) is 53.7. The molecule has 0 radical (unpaired) electrons. The van der Waals surface area contributed by atoms with Crippen molar-refractivity contribution in [3.8, 4) is 0 Å². The lowest BCUT2D eigenvalue weighted by molar-refractivity contribution is -0.332. The van der Waals surface area contributed by atoms with Gasteiger partial charge in [0, 0.05) is 13.0 Å². The molecule has 2 aliphatic heterocycles. The highest BCUT2D eigenvalue weighted by atomic mass is 16.7. The minimum Gasteiger partial charge on any atom is -0.457 e. The number of ether oxygens (including phenoxy) is 6. The van der Waals surface area contributed by atoms with E-state index in [1.807, 2.05) is 0 Å². The molecule has 14 nitrogen and oxygen atoms in total. The second-order valence-corrected chi connectivity index (χ2v) is 20.8. The molecule has 0 saturated carbocycles. The normalized spacial score (nSPS) is 25.1. The molecule has 11 unspecified atom stereocenters. The van der Waals surface area contributed by atoms with Gasteiger partial charge >= 0.3 is 5.97 Å². The molecule has 0 amide bonds. The third kappa shape index (κ3) is 33.3. The third-order valence-corrected chi connectivity index (χ3v) is 14.1. The molecule has 2 heterocycles. The fourth-order valence-electron chi connectivity index (χ4n) is 9.22. The molecule has 0 bridgehead atoms. The molecule has 0 aromatic rings. The Morgan fingerprint density at radius 2 is 0.851 bits per heavy atom. The molecular weight excluding hydrogens is 945 g/mol. The Balaban J connectivity index is 1.68. The van der Waals surface area contributed by atoms with Crippen molar-refractivity contribution >= 4 is 5.97 Å². The van der Waals surface area contributed by atoms with Crippen molar-refractivity contribution in [2.45, 2.75) is 293 Å². The van der Waals surface area contributed by atoms with E-state index >= 15 is 0 Å². The van der Waals surface area contributed by atoms with Gasteiger partial charge in [-0.25, -0.2) is 0 Å². The van der Waals surface area contributed by atoms with Crippen molar-refractivity contribution in [2.75, 3.05) is 33.0 Å². The summed E-state index contributed by atoms with van der Waals surface area (Å²) in [7, 11) is 0. The highest BCUT2D eigenvalue weighted by Crippen LogP contribution is 2.27. The van der Waals surface area contributed by atoms with E-state index in [9.17, 15) is 40.5 Å². The van der Waals surface area contributed by atoms with Crippen LogP contribution in [0.25, 0.3) is 0 Å². The molecule has 7 N–H and O–H groups in total. The molecule has 11 atom stereocenters. The summed E-state index contributed by atoms with van der Waals surface area (Å²) in [6, 6.07) is 0. The molecule has 0 aromatic carbocycles. The fraction of sp³-hybridized carbons (Fsp3) is 0.850. The molecule has 0 aromatic heterocycles. The number of rotatable bonds is 48. The minimum atomic E-state index is -1.71. The first-order valence-corrected chi connectivity index (χ1v) is 29.7. The first-order chi connectivity index (χ1) is 36.1. The molecule has 14 heteroatoms. The predicted octanol–water partition coefficient (Wildman–Crippen LogP) is 10.7. The van der Waals surface area contributed by atoms with Gasteiger partial charge in [-0.15, -0.1) is 0 Å². The van der Waals surface area contributed by atoms with E-state index in [1.165, 1.54) is 128 Å². The van der Waals surface area contributed by atoms with Gasteiger partial charge in [-0.2, -0.15) is 0 Å². The minimum absolute atomic E-state index is 0.0543. The van der Waals surface area contributed by atoms with Crippen molar-refractivity contribution < 1.29 is 69.0 Å². The number of carbonyl (C=O) groups is 1. The van der Waals surface area contributed by atoms with Gasteiger partial charge < -0.3 is 64.2 Å². The maximum absolute atomic E-state index is 13.1. The summed E-state index contributed by atoms with van der Waals surface area (Å²) in [6.07, 6.45) is 40.3. The number of hydrogen-bond donors (Lipinski definition) is 7. The standard InChI is InChI=1S/C60H108O14/c1-3-5-7-9-11-13-15-17-19-20-21-22-23-24-25-26-27-28-29-31-33-35-37-39-41-43-52(62)72-49(46-69-44-42-40-38-36-34-32-30-18-16-14-12-10-8-6-4-2)47-70-59-58(68)56(66)54(64)51(74-59)48-71-60-57(67)55(65)53(63)50(45-61)73-60/h10,12,15-18,20-21,49-51,53-61,63-68H,3-9,11,13-14,19,22-48H2,1-2H3/b12-10-,17-15-,18-16-,21-20-. The molecule has 2 aliphatic rings. The fourth-order valence-corrected chi connectivity index (χ4v) is 9.22. The van der Waals surface area contributed by atoms with Gasteiger partial charge in [0.25, 0.3) is 0 Å². The van der Waals surface area contributed by atoms with Gasteiger partial charge in [-0.3, -0.25) is 4.79 Å². The van der Waals surface area contributed by atoms with Crippen LogP contribution in [-0.4, -0.2) is 142 Å². The van der Waals surface area contributed by atoms with E-state index < -0.39 is 80.7 Å². The molecule has 2 fully saturated rings. The smallest absolute Gasteiger partial charge is 0.306 e. The van der Waals surface area contributed by atoms with E-state index in [4.69, 9.17) is 28.4 Å². The number of carbonyl (C=O) groups excluding carboxylic acids is 1. The SMILES string of the molecule is CCCC/C=C\C/C=C\CCCCCCCCOCC(COC1OC(COC2OC(CO)C(O)C(O)C2O)C(O)C(O)C1O)OC(=O)CCCCCCCCCCCCCCC/C=C\C/C=C\CCCCCCC. The van der Waals surface area contributed by atoms with Crippen LogP contribution in [0.5, 0.6) is 0 Å². The van der Waals surface area contributed by atoms with Crippen molar-refractivity contribution in [2.24, 2.45) is 0 Å². The van der Waals surface area contributed by atoms with Crippen molar-refractivity contribution in [1.29, 1.82) is 0 Å². The summed E-state index contributed by atoms with van der Waals surface area (Å²) in [5.74, 6) is -0.380. The van der Waals surface area contributed by atoms with Crippen molar-refractivity contribution in [3.63, 3.8) is 0 Å². The molecule has 2 saturated heterocycles. The van der Waals surface area contributed by atoms with Gasteiger partial charge in [0.05, 0.1) is 26.4 Å². The summed E-state index contributed by atoms with van der Waals surface area (Å²) >= 11 is 0. The van der Waals surface area contributed by atoms with E-state index in [1.54, 1.807) is 0 Å². The van der Waals surface area contributed by atoms with Gasteiger partial charge in [0.2, 0.25) is 0 Å². The lowest BCUT2D eigenvalue weighted by atomic mass is 9.98. The van der Waals surface area contributed by atoms with Gasteiger partial charge in [0.15, 0.2) is 12.6 Å². The molecule has 0 aliphatic carbocycles. The predicted molar refractivity (Wildman–Crippen MR) is 293 cm³/mol. The van der Waals surface area contributed by atoms with E-state index in [-0.39, 0.29) is 25.6 Å². The van der Waals surface area contributed by atoms with Gasteiger partial charge in [-0.1, -0.05) is 197 Å². The Bertz CT molecular complexity index is 1410. The molecule has 0 spiro atoms. The summed E-state index contributed by atoms with van der Waals surface area (Å²) in [4.78, 5) is 13.1. The highest BCUT2D eigenvalue weighted by molar-refractivity contribution is 5.69. The molecule has 2 rings (SSSR count). The third-order valence-electron chi connectivity index (χ3n) is 14.1. The summed E-state index contributed by atoms with van der Waals surface area (Å²) in [5.41, 5.74) is 0. The number of aliphatic hydroxyl groups is 7. The lowest BCUT2D eigenvalue weighted by Crippen LogP contribution is -2.61. The molecule has 74 heavy (non-hydrogen) atoms. The molecular formula is C60H108O14. The maximum Gasteiger partial charge on any atom is 0.306 e. The van der Waals surface area contributed by atoms with Crippen LogP contribution in [0, 0.1) is 0 Å². The number of allylic oxidation sites excluding steroid dienone is 8. The zero-order valence-electron chi connectivity index (χ0n) is 46.3. The number of unbranched alkanes of at least 4 members (excludes halogenated alkanes) is 26. The van der Waals surface area contributed by atoms with Crippen LogP contribution < -0.4 is 0 Å². The van der Waals surface area contributed by atoms with Crippen LogP contribution in [-0.2, 0) is 33.2 Å². The quantitative estimate of drug-likeness (QED) is 0.0172. The monoisotopic (exact) mass is 1050 g/mol. The largest absolute Gasteiger partial charge is 0.457 e. The van der Waals surface area contributed by atoms with Crippen LogP contribution in [0.15, 0.2) is 48.6 Å². The number of hydrogen-bond acceptors (Lipinski definition) is 14. The molecule has 432 valence electrons. The first-order valence-electron chi connectivity index (χ1n) is 29.7. The summed E-state index contributed by atoms with van der Waals surface area (Å²) in [6.45, 7) is 3.63. The van der Waals surface area contributed by atoms with Crippen LogP contribution >= 0.6 is 0 Å². The van der Waals surface area contributed by atoms with Gasteiger partial charge in [0.1, 0.15) is 54.9 Å². The zero-order valence-corrected chi connectivity index (χ0v) is 46.3. The van der Waals surface area contributed by atoms with Crippen molar-refractivity contribution in [3.05, 3.63) is 48.6 Å². The Kier molecular flexibility index (Phi) is 43.2. The summed E-state index contributed by atoms with van der Waals surface area (Å²) in [5, 5.41) is 72.3. The van der Waals surface area contributed by atoms with Crippen LogP contribution in [0.3, 0.4) is 0 Å². The van der Waals surface area contributed by atoms with Gasteiger partial charge in [-0.05, 0) is 70.6 Å². The van der Waals surface area contributed by atoms with E-state index in [2.05, 4.69) is 62.5 Å². The number of aliphatic hydroxyl groups excluding tert-OH is 7. The second-order valence-electron chi connectivity index (χ2n) is 20.8. The second kappa shape index (κ2) is 47.0. The Hall–Kier alpha value is -2.05. The van der Waals surface area contributed by atoms with Crippen LogP contribution in [0.1, 0.15) is 226 Å². The maximum atomic E-state index is 13.1. The summed E-state index contributed by atoms with van der Waals surface area (Å²) < 4.78 is 34.4. The average molecular weight is 1050 g/mol. The van der Waals surface area contributed by atoms with E-state index in [0.29, 0.717) is 13.0 Å². The topological polar surface area (TPSA) is 214 Å². The first kappa shape index (κ1) is 68.1. The van der Waals surface area contributed by atoms with Crippen LogP contribution in [0.4, 0.5) is 0 Å². The van der Waals surface area contributed by atoms with Crippen molar-refractivity contribution in [1.82, 2.24) is 0 Å². The number of esters is 1. The highest BCUT2D eigenvalue weighted by Gasteiger charge is 2.47.